The Labute approximate surface area is 109 Å². The molecular weight excluding hydrogens is 286 g/mol. The lowest BCUT2D eigenvalue weighted by Gasteiger charge is -2.15. The fraction of sp³-hybridized carbons (Fsp3) is 0.600. The summed E-state index contributed by atoms with van der Waals surface area (Å²) in [5, 5.41) is 0. The van der Waals surface area contributed by atoms with Crippen LogP contribution in [0.15, 0.2) is 10.7 Å². The molecule has 0 aliphatic carbocycles. The van der Waals surface area contributed by atoms with Gasteiger partial charge < -0.3 is 4.74 Å². The van der Waals surface area contributed by atoms with Gasteiger partial charge in [0.05, 0.1) is 10.7 Å². The summed E-state index contributed by atoms with van der Waals surface area (Å²) in [5.74, 6) is 6.11. The molecule has 94 valence electrons. The molecule has 6 nitrogen and oxygen atoms in total. The van der Waals surface area contributed by atoms with Crippen LogP contribution in [0.25, 0.3) is 0 Å². The Balaban J connectivity index is 1.84. The van der Waals surface area contributed by atoms with Gasteiger partial charge in [-0.2, -0.15) is 4.98 Å². The number of rotatable bonds is 5. The second kappa shape index (κ2) is 6.13. The van der Waals surface area contributed by atoms with E-state index in [0.29, 0.717) is 18.4 Å². The fourth-order valence-electron chi connectivity index (χ4n) is 1.80. The molecule has 0 bridgehead atoms. The highest BCUT2D eigenvalue weighted by Crippen LogP contribution is 2.22. The smallest absolute Gasteiger partial charge is 0.240 e. The minimum Gasteiger partial charge on any atom is -0.475 e. The summed E-state index contributed by atoms with van der Waals surface area (Å²) in [6, 6.07) is 0. The quantitative estimate of drug-likeness (QED) is 0.624. The number of nitrogen functional groups attached to an aromatic ring is 1. The molecule has 0 atom stereocenters. The van der Waals surface area contributed by atoms with E-state index in [1.54, 1.807) is 6.20 Å². The Kier molecular flexibility index (Phi) is 4.52. The van der Waals surface area contributed by atoms with Gasteiger partial charge in [0.25, 0.3) is 0 Å². The molecule has 1 aliphatic rings. The second-order valence-electron chi connectivity index (χ2n) is 3.89. The third-order valence-electron chi connectivity index (χ3n) is 2.69. The van der Waals surface area contributed by atoms with Gasteiger partial charge in [-0.05, 0) is 41.9 Å². The molecule has 1 aromatic heterocycles. The number of likely N-dealkylation sites (tertiary alicyclic amines) is 1. The van der Waals surface area contributed by atoms with E-state index in [2.05, 4.69) is 36.2 Å². The number of nitrogens with one attached hydrogen (secondary N) is 1. The van der Waals surface area contributed by atoms with Gasteiger partial charge in [0.2, 0.25) is 11.8 Å². The predicted octanol–water partition coefficient (Wildman–Crippen LogP) is 0.999. The average Bonchev–Trinajstić information content (AvgIpc) is 2.84. The van der Waals surface area contributed by atoms with Crippen LogP contribution < -0.4 is 16.0 Å². The zero-order valence-electron chi connectivity index (χ0n) is 9.53. The number of hydrogen-bond donors (Lipinski definition) is 2. The highest BCUT2D eigenvalue weighted by Gasteiger charge is 2.12. The van der Waals surface area contributed by atoms with Crippen LogP contribution in [-0.4, -0.2) is 41.1 Å². The Morgan fingerprint density at radius 1 is 1.47 bits per heavy atom. The van der Waals surface area contributed by atoms with E-state index < -0.39 is 0 Å². The first-order valence-corrected chi connectivity index (χ1v) is 6.43. The van der Waals surface area contributed by atoms with E-state index in [1.807, 2.05) is 0 Å². The van der Waals surface area contributed by atoms with Crippen molar-refractivity contribution in [3.05, 3.63) is 10.7 Å². The number of hydrogen-bond acceptors (Lipinski definition) is 6. The molecule has 0 spiro atoms. The molecule has 17 heavy (non-hydrogen) atoms. The Hall–Kier alpha value is -0.920. The zero-order chi connectivity index (χ0) is 12.1. The van der Waals surface area contributed by atoms with Crippen LogP contribution in [-0.2, 0) is 0 Å². The average molecular weight is 302 g/mol. The lowest BCUT2D eigenvalue weighted by Crippen LogP contribution is -2.25. The third-order valence-corrected chi connectivity index (χ3v) is 3.23. The second-order valence-corrected chi connectivity index (χ2v) is 4.74. The molecule has 3 N–H and O–H groups in total. The molecule has 1 aromatic rings. The first-order chi connectivity index (χ1) is 8.29. The van der Waals surface area contributed by atoms with Crippen molar-refractivity contribution in [1.82, 2.24) is 14.9 Å². The van der Waals surface area contributed by atoms with Gasteiger partial charge in [0.1, 0.15) is 6.61 Å². The van der Waals surface area contributed by atoms with E-state index in [1.165, 1.54) is 25.9 Å². The van der Waals surface area contributed by atoms with Crippen LogP contribution in [0.4, 0.5) is 5.95 Å². The van der Waals surface area contributed by atoms with Gasteiger partial charge in [0.15, 0.2) is 0 Å². The van der Waals surface area contributed by atoms with Gasteiger partial charge >= 0.3 is 0 Å². The highest BCUT2D eigenvalue weighted by atomic mass is 79.9. The van der Waals surface area contributed by atoms with Crippen LogP contribution in [0, 0.1) is 0 Å². The van der Waals surface area contributed by atoms with Crippen LogP contribution in [0.2, 0.25) is 0 Å². The van der Waals surface area contributed by atoms with Crippen molar-refractivity contribution < 1.29 is 4.74 Å². The topological polar surface area (TPSA) is 76.3 Å². The number of halogens is 1. The summed E-state index contributed by atoms with van der Waals surface area (Å²) in [6.45, 7) is 3.90. The lowest BCUT2D eigenvalue weighted by atomic mass is 10.4. The minimum atomic E-state index is 0.351. The molecule has 2 rings (SSSR count). The van der Waals surface area contributed by atoms with E-state index >= 15 is 0 Å². The fourth-order valence-corrected chi connectivity index (χ4v) is 2.11. The first kappa shape index (κ1) is 12.5. The first-order valence-electron chi connectivity index (χ1n) is 5.64. The Morgan fingerprint density at radius 2 is 2.24 bits per heavy atom. The van der Waals surface area contributed by atoms with Gasteiger partial charge in [-0.15, -0.1) is 0 Å². The molecule has 1 fully saturated rings. The molecule has 1 saturated heterocycles. The van der Waals surface area contributed by atoms with E-state index in [-0.39, 0.29) is 0 Å². The summed E-state index contributed by atoms with van der Waals surface area (Å²) in [6.07, 6.45) is 4.20. The predicted molar refractivity (Wildman–Crippen MR) is 68.7 cm³/mol. The van der Waals surface area contributed by atoms with Crippen LogP contribution in [0.5, 0.6) is 5.88 Å². The summed E-state index contributed by atoms with van der Waals surface area (Å²) >= 11 is 3.34. The molecule has 0 amide bonds. The molecule has 2 heterocycles. The standard InChI is InChI=1S/C10H16BrN5O/c11-8-7-13-10(15-12)14-9(8)17-6-5-16-3-1-2-4-16/h7H,1-6,12H2,(H,13,14,15). The molecule has 7 heteroatoms. The number of hydrazine groups is 1. The van der Waals surface area contributed by atoms with Crippen LogP contribution >= 0.6 is 15.9 Å². The van der Waals surface area contributed by atoms with Crippen molar-refractivity contribution in [3.8, 4) is 5.88 Å². The monoisotopic (exact) mass is 301 g/mol. The normalized spacial score (nSPS) is 16.1. The molecule has 0 radical (unpaired) electrons. The van der Waals surface area contributed by atoms with Crippen molar-refractivity contribution in [2.24, 2.45) is 5.84 Å². The maximum atomic E-state index is 5.61. The zero-order valence-corrected chi connectivity index (χ0v) is 11.1. The minimum absolute atomic E-state index is 0.351. The van der Waals surface area contributed by atoms with Crippen molar-refractivity contribution in [3.63, 3.8) is 0 Å². The van der Waals surface area contributed by atoms with E-state index in [9.17, 15) is 0 Å². The van der Waals surface area contributed by atoms with Crippen LogP contribution in [0.3, 0.4) is 0 Å². The summed E-state index contributed by atoms with van der Waals surface area (Å²) in [4.78, 5) is 10.5. The van der Waals surface area contributed by atoms with Crippen molar-refractivity contribution in [2.75, 3.05) is 31.7 Å². The molecule has 0 saturated carbocycles. The molecular formula is C10H16BrN5O. The summed E-state index contributed by atoms with van der Waals surface area (Å²) in [5.41, 5.74) is 2.39. The Morgan fingerprint density at radius 3 is 2.94 bits per heavy atom. The van der Waals surface area contributed by atoms with E-state index in [4.69, 9.17) is 10.6 Å². The highest BCUT2D eigenvalue weighted by molar-refractivity contribution is 9.10. The Bertz CT molecular complexity index is 370. The number of nitrogens with two attached hydrogens (primary N) is 1. The SMILES string of the molecule is NNc1ncc(Br)c(OCCN2CCCC2)n1. The van der Waals surface area contributed by atoms with E-state index in [0.717, 1.165) is 11.0 Å². The molecule has 0 unspecified atom stereocenters. The third kappa shape index (κ3) is 3.52. The summed E-state index contributed by atoms with van der Waals surface area (Å²) < 4.78 is 6.34. The van der Waals surface area contributed by atoms with Crippen LogP contribution in [0.1, 0.15) is 12.8 Å². The maximum absolute atomic E-state index is 5.61. The van der Waals surface area contributed by atoms with Gasteiger partial charge in [-0.25, -0.2) is 10.8 Å². The maximum Gasteiger partial charge on any atom is 0.240 e. The van der Waals surface area contributed by atoms with Gasteiger partial charge in [-0.3, -0.25) is 10.3 Å². The summed E-state index contributed by atoms with van der Waals surface area (Å²) in [7, 11) is 0. The van der Waals surface area contributed by atoms with Crippen molar-refractivity contribution >= 4 is 21.9 Å². The number of nitrogens with zero attached hydrogens (tertiary/aromatic N) is 3. The van der Waals surface area contributed by atoms with Crippen molar-refractivity contribution in [2.45, 2.75) is 12.8 Å². The molecule has 0 aromatic carbocycles. The number of aromatic nitrogens is 2. The largest absolute Gasteiger partial charge is 0.475 e. The number of anilines is 1. The number of ether oxygens (including phenoxy) is 1. The molecule has 1 aliphatic heterocycles. The van der Waals surface area contributed by atoms with Gasteiger partial charge in [-0.1, -0.05) is 0 Å². The lowest BCUT2D eigenvalue weighted by molar-refractivity contribution is 0.231. The van der Waals surface area contributed by atoms with Gasteiger partial charge in [0, 0.05) is 6.54 Å². The van der Waals surface area contributed by atoms with Crippen molar-refractivity contribution in [1.29, 1.82) is 0 Å².